The minimum absolute atomic E-state index is 0.0228. The quantitative estimate of drug-likeness (QED) is 0.710. The summed E-state index contributed by atoms with van der Waals surface area (Å²) in [5.74, 6) is -0.768. The molecule has 0 unspecified atom stereocenters. The lowest BCUT2D eigenvalue weighted by Crippen LogP contribution is -2.60. The first-order valence-electron chi connectivity index (χ1n) is 6.57. The molecule has 2 N–H and O–H groups in total. The zero-order chi connectivity index (χ0) is 15.3. The molecule has 0 bridgehead atoms. The number of amides is 1. The molecular formula is C12H15NO5S3. The van der Waals surface area contributed by atoms with Crippen LogP contribution in [0.1, 0.15) is 13.3 Å². The van der Waals surface area contributed by atoms with Gasteiger partial charge in [-0.2, -0.15) is 0 Å². The van der Waals surface area contributed by atoms with E-state index in [-0.39, 0.29) is 22.2 Å². The molecule has 0 spiro atoms. The van der Waals surface area contributed by atoms with Crippen LogP contribution in [0.25, 0.3) is 0 Å². The van der Waals surface area contributed by atoms with Gasteiger partial charge >= 0.3 is 5.97 Å². The van der Waals surface area contributed by atoms with Crippen molar-refractivity contribution < 1.29 is 24.0 Å². The van der Waals surface area contributed by atoms with Crippen molar-refractivity contribution in [2.24, 2.45) is 5.92 Å². The summed E-state index contributed by atoms with van der Waals surface area (Å²) in [6, 6.07) is 0. The Bertz CT molecular complexity index is 561. The lowest BCUT2D eigenvalue weighted by Gasteiger charge is -2.43. The molecule has 116 valence electrons. The molecule has 1 amide bonds. The molecule has 0 aromatic rings. The van der Waals surface area contributed by atoms with Gasteiger partial charge in [-0.25, -0.2) is 4.79 Å². The van der Waals surface area contributed by atoms with Gasteiger partial charge in [0.2, 0.25) is 5.91 Å². The predicted octanol–water partition coefficient (Wildman–Crippen LogP) is 0.406. The number of aliphatic hydroxyl groups is 1. The smallest absolute Gasteiger partial charge is 0.354 e. The molecule has 0 aliphatic carbocycles. The Morgan fingerprint density at radius 3 is 2.81 bits per heavy atom. The number of β-lactam (4-membered cyclic amide) rings is 1. The Morgan fingerprint density at radius 2 is 2.29 bits per heavy atom. The number of hydrogen-bond donors (Lipinski definition) is 2. The third-order valence-electron chi connectivity index (χ3n) is 3.78. The minimum atomic E-state index is -1.12. The van der Waals surface area contributed by atoms with E-state index in [1.54, 1.807) is 6.92 Å². The Balaban J connectivity index is 1.81. The van der Waals surface area contributed by atoms with Crippen molar-refractivity contribution in [1.29, 1.82) is 0 Å². The van der Waals surface area contributed by atoms with Crippen molar-refractivity contribution in [2.75, 3.05) is 11.5 Å². The van der Waals surface area contributed by atoms with Crippen LogP contribution in [0, 0.1) is 5.92 Å². The number of fused-ring (bicyclic) bond motifs is 1. The number of carboxylic acids is 1. The third-order valence-corrected chi connectivity index (χ3v) is 8.33. The molecule has 3 rings (SSSR count). The maximum atomic E-state index is 12.0. The van der Waals surface area contributed by atoms with Gasteiger partial charge in [-0.3, -0.25) is 13.9 Å². The van der Waals surface area contributed by atoms with E-state index in [2.05, 4.69) is 0 Å². The molecule has 3 aliphatic heterocycles. The molecule has 5 atom stereocenters. The highest BCUT2D eigenvalue weighted by Crippen LogP contribution is 2.55. The van der Waals surface area contributed by atoms with Crippen molar-refractivity contribution in [2.45, 2.75) is 30.1 Å². The highest BCUT2D eigenvalue weighted by Gasteiger charge is 2.58. The highest BCUT2D eigenvalue weighted by atomic mass is 32.2. The number of hydrogen-bond acceptors (Lipinski definition) is 6. The standard InChI is InChI=1S/C12H15NO5S3/c1-5(14)7-9(15)13-8(11(16)17)12(20-10(7)13)19-6-2-3-21(18)4-6/h5-7,10,14H,2-4H2,1H3,(H,16,17)/t5-,6+,7+,10-,21+/m1/s1. The number of rotatable bonds is 4. The number of aliphatic carboxylic acids is 1. The molecule has 3 heterocycles. The second-order valence-corrected chi connectivity index (χ2v) is 9.58. The number of thioether (sulfide) groups is 2. The second-order valence-electron chi connectivity index (χ2n) is 5.26. The SMILES string of the molecule is C[C@@H](O)[C@H]1C(=O)N2C(C(=O)O)=C(S[C@H]3CC[S@](=O)C3)S[C@H]12. The van der Waals surface area contributed by atoms with E-state index in [1.807, 2.05) is 0 Å². The average Bonchev–Trinajstić information content (AvgIpc) is 2.91. The van der Waals surface area contributed by atoms with E-state index in [4.69, 9.17) is 0 Å². The summed E-state index contributed by atoms with van der Waals surface area (Å²) in [5.41, 5.74) is 0.0228. The minimum Gasteiger partial charge on any atom is -0.477 e. The van der Waals surface area contributed by atoms with Gasteiger partial charge in [0.25, 0.3) is 0 Å². The summed E-state index contributed by atoms with van der Waals surface area (Å²) in [4.78, 5) is 24.8. The van der Waals surface area contributed by atoms with E-state index in [9.17, 15) is 24.0 Å². The topological polar surface area (TPSA) is 94.9 Å². The first-order chi connectivity index (χ1) is 9.90. The van der Waals surface area contributed by atoms with Crippen molar-refractivity contribution >= 4 is 46.2 Å². The molecule has 0 aromatic carbocycles. The molecule has 21 heavy (non-hydrogen) atoms. The second kappa shape index (κ2) is 5.60. The lowest BCUT2D eigenvalue weighted by atomic mass is 9.92. The number of nitrogens with zero attached hydrogens (tertiary/aromatic N) is 1. The number of carbonyl (C=O) groups excluding carboxylic acids is 1. The fraction of sp³-hybridized carbons (Fsp3) is 0.667. The number of aliphatic hydroxyl groups excluding tert-OH is 1. The van der Waals surface area contributed by atoms with Crippen molar-refractivity contribution in [3.05, 3.63) is 9.93 Å². The zero-order valence-electron chi connectivity index (χ0n) is 11.2. The van der Waals surface area contributed by atoms with Crippen LogP contribution in [0.15, 0.2) is 9.93 Å². The largest absolute Gasteiger partial charge is 0.477 e. The van der Waals surface area contributed by atoms with Gasteiger partial charge in [0.1, 0.15) is 5.37 Å². The lowest BCUT2D eigenvalue weighted by molar-refractivity contribution is -0.156. The van der Waals surface area contributed by atoms with Crippen molar-refractivity contribution in [3.63, 3.8) is 0 Å². The molecule has 6 nitrogen and oxygen atoms in total. The van der Waals surface area contributed by atoms with E-state index in [0.29, 0.717) is 15.7 Å². The van der Waals surface area contributed by atoms with Gasteiger partial charge in [-0.1, -0.05) is 11.8 Å². The van der Waals surface area contributed by atoms with Crippen molar-refractivity contribution in [1.82, 2.24) is 4.90 Å². The van der Waals surface area contributed by atoms with Crippen LogP contribution in [0.3, 0.4) is 0 Å². The Labute approximate surface area is 132 Å². The molecular weight excluding hydrogens is 334 g/mol. The fourth-order valence-electron chi connectivity index (χ4n) is 2.71. The summed E-state index contributed by atoms with van der Waals surface area (Å²) in [5, 5.41) is 18.8. The van der Waals surface area contributed by atoms with Crippen LogP contribution in [0.5, 0.6) is 0 Å². The van der Waals surface area contributed by atoms with Crippen LogP contribution in [0.2, 0.25) is 0 Å². The van der Waals surface area contributed by atoms with E-state index in [0.717, 1.165) is 6.42 Å². The summed E-state index contributed by atoms with van der Waals surface area (Å²) in [7, 11) is -0.819. The van der Waals surface area contributed by atoms with Crippen LogP contribution in [-0.4, -0.2) is 59.4 Å². The fourth-order valence-corrected chi connectivity index (χ4v) is 7.97. The average molecular weight is 349 g/mol. The van der Waals surface area contributed by atoms with Gasteiger partial charge in [0, 0.05) is 27.6 Å². The van der Waals surface area contributed by atoms with Gasteiger partial charge in [0.05, 0.1) is 16.3 Å². The van der Waals surface area contributed by atoms with Gasteiger partial charge in [-0.15, -0.1) is 11.8 Å². The summed E-state index contributed by atoms with van der Waals surface area (Å²) < 4.78 is 12.0. The molecule has 2 fully saturated rings. The number of carboxylic acid groups (broad SMARTS) is 1. The van der Waals surface area contributed by atoms with Gasteiger partial charge < -0.3 is 10.2 Å². The summed E-state index contributed by atoms with van der Waals surface area (Å²) >= 11 is 2.74. The molecule has 2 saturated heterocycles. The van der Waals surface area contributed by atoms with Crippen LogP contribution in [-0.2, 0) is 20.4 Å². The maximum absolute atomic E-state index is 12.0. The van der Waals surface area contributed by atoms with Crippen LogP contribution in [0.4, 0.5) is 0 Å². The van der Waals surface area contributed by atoms with Crippen LogP contribution < -0.4 is 0 Å². The molecule has 0 radical (unpaired) electrons. The molecule has 3 aliphatic rings. The van der Waals surface area contributed by atoms with Crippen LogP contribution >= 0.6 is 23.5 Å². The maximum Gasteiger partial charge on any atom is 0.354 e. The van der Waals surface area contributed by atoms with E-state index < -0.39 is 28.8 Å². The van der Waals surface area contributed by atoms with Gasteiger partial charge in [0.15, 0.2) is 5.70 Å². The predicted molar refractivity (Wildman–Crippen MR) is 81.9 cm³/mol. The van der Waals surface area contributed by atoms with Crippen molar-refractivity contribution in [3.8, 4) is 0 Å². The number of carbonyl (C=O) groups is 2. The Hall–Kier alpha value is -0.510. The monoisotopic (exact) mass is 349 g/mol. The highest BCUT2D eigenvalue weighted by molar-refractivity contribution is 8.23. The normalized spacial score (nSPS) is 36.7. The first-order valence-corrected chi connectivity index (χ1v) is 9.82. The molecule has 9 heteroatoms. The third kappa shape index (κ3) is 2.54. The van der Waals surface area contributed by atoms with Gasteiger partial charge in [-0.05, 0) is 13.3 Å². The Morgan fingerprint density at radius 1 is 1.57 bits per heavy atom. The Kier molecular flexibility index (Phi) is 4.10. The summed E-state index contributed by atoms with van der Waals surface area (Å²) in [6.07, 6.45) is 0.0109. The first kappa shape index (κ1) is 15.4. The van der Waals surface area contributed by atoms with E-state index >= 15 is 0 Å². The van der Waals surface area contributed by atoms with E-state index in [1.165, 1.54) is 28.4 Å². The molecule has 0 saturated carbocycles. The summed E-state index contributed by atoms with van der Waals surface area (Å²) in [6.45, 7) is 1.55. The molecule has 0 aromatic heterocycles. The zero-order valence-corrected chi connectivity index (χ0v) is 13.7.